The molecule has 0 saturated carbocycles. The highest BCUT2D eigenvalue weighted by Gasteiger charge is 2.28. The first-order chi connectivity index (χ1) is 15.7. The second kappa shape index (κ2) is 10.7. The van der Waals surface area contributed by atoms with Gasteiger partial charge in [-0.15, -0.1) is 0 Å². The Hall–Kier alpha value is -2.72. The van der Waals surface area contributed by atoms with Gasteiger partial charge in [-0.05, 0) is 60.6 Å². The molecule has 0 bridgehead atoms. The van der Waals surface area contributed by atoms with Gasteiger partial charge in [0.2, 0.25) is 5.91 Å². The number of nitrogens with zero attached hydrogens (tertiary/aromatic N) is 1. The number of amides is 1. The van der Waals surface area contributed by atoms with Gasteiger partial charge in [-0.3, -0.25) is 15.1 Å². The fourth-order valence-corrected chi connectivity index (χ4v) is 4.92. The topological polar surface area (TPSA) is 54.0 Å². The van der Waals surface area contributed by atoms with Crippen molar-refractivity contribution in [1.29, 1.82) is 0 Å². The number of pyridine rings is 1. The first-order valence-electron chi connectivity index (χ1n) is 12.1. The summed E-state index contributed by atoms with van der Waals surface area (Å²) in [6.07, 6.45) is 9.29. The van der Waals surface area contributed by atoms with Gasteiger partial charge in [0, 0.05) is 6.20 Å². The van der Waals surface area contributed by atoms with E-state index in [1.807, 2.05) is 12.3 Å². The molecule has 1 aromatic heterocycles. The molecular weight excluding hydrogens is 394 g/mol. The van der Waals surface area contributed by atoms with E-state index < -0.39 is 0 Å². The van der Waals surface area contributed by atoms with E-state index in [1.165, 1.54) is 16.3 Å². The summed E-state index contributed by atoms with van der Waals surface area (Å²) in [5.41, 5.74) is 3.59. The van der Waals surface area contributed by atoms with Crippen LogP contribution in [-0.2, 0) is 11.2 Å². The van der Waals surface area contributed by atoms with E-state index in [4.69, 9.17) is 0 Å². The van der Waals surface area contributed by atoms with Crippen LogP contribution < -0.4 is 10.6 Å². The van der Waals surface area contributed by atoms with Crippen molar-refractivity contribution in [3.05, 3.63) is 77.6 Å². The largest absolute Gasteiger partial charge is 0.348 e. The summed E-state index contributed by atoms with van der Waals surface area (Å²) in [6.45, 7) is 4.28. The average molecular weight is 430 g/mol. The molecule has 0 radical (unpaired) electrons. The molecule has 4 heteroatoms. The van der Waals surface area contributed by atoms with Crippen LogP contribution in [0.1, 0.15) is 81.3 Å². The maximum atomic E-state index is 13.4. The molecule has 0 saturated heterocycles. The Kier molecular flexibility index (Phi) is 7.54. The van der Waals surface area contributed by atoms with E-state index >= 15 is 0 Å². The number of rotatable bonds is 9. The van der Waals surface area contributed by atoms with Gasteiger partial charge in [-0.25, -0.2) is 0 Å². The van der Waals surface area contributed by atoms with Crippen LogP contribution in [0.15, 0.2) is 60.8 Å². The Morgan fingerprint density at radius 1 is 1.09 bits per heavy atom. The number of hydrogen-bond acceptors (Lipinski definition) is 3. The molecule has 1 aliphatic rings. The summed E-state index contributed by atoms with van der Waals surface area (Å²) in [5, 5.41) is 9.40. The third-order valence-corrected chi connectivity index (χ3v) is 6.66. The molecule has 32 heavy (non-hydrogen) atoms. The van der Waals surface area contributed by atoms with E-state index in [1.54, 1.807) is 0 Å². The molecule has 0 fully saturated rings. The number of carbonyl (C=O) groups excluding carboxylic acids is 1. The summed E-state index contributed by atoms with van der Waals surface area (Å²) in [7, 11) is 0. The van der Waals surface area contributed by atoms with Crippen molar-refractivity contribution in [2.24, 2.45) is 0 Å². The third kappa shape index (κ3) is 5.18. The van der Waals surface area contributed by atoms with Crippen LogP contribution in [0.2, 0.25) is 0 Å². The van der Waals surface area contributed by atoms with E-state index in [0.717, 1.165) is 56.2 Å². The molecule has 2 aromatic carbocycles. The molecule has 4 nitrogen and oxygen atoms in total. The lowest BCUT2D eigenvalue weighted by Gasteiger charge is -2.30. The molecule has 2 N–H and O–H groups in total. The third-order valence-electron chi connectivity index (χ3n) is 6.66. The number of aryl methyl sites for hydroxylation is 1. The van der Waals surface area contributed by atoms with Crippen LogP contribution in [0.4, 0.5) is 0 Å². The van der Waals surface area contributed by atoms with Crippen LogP contribution in [0.3, 0.4) is 0 Å². The molecule has 3 unspecified atom stereocenters. The van der Waals surface area contributed by atoms with Crippen molar-refractivity contribution >= 4 is 16.7 Å². The molecular formula is C28H35N3O. The second-order valence-electron chi connectivity index (χ2n) is 9.01. The number of hydrogen-bond donors (Lipinski definition) is 2. The molecule has 1 amide bonds. The molecule has 4 rings (SSSR count). The summed E-state index contributed by atoms with van der Waals surface area (Å²) < 4.78 is 0. The minimum Gasteiger partial charge on any atom is -0.348 e. The lowest BCUT2D eigenvalue weighted by molar-refractivity contribution is -0.124. The van der Waals surface area contributed by atoms with Gasteiger partial charge in [0.05, 0.1) is 23.8 Å². The van der Waals surface area contributed by atoms with Crippen molar-refractivity contribution < 1.29 is 4.79 Å². The fourth-order valence-electron chi connectivity index (χ4n) is 4.92. The molecule has 0 spiro atoms. The minimum absolute atomic E-state index is 0.0548. The second-order valence-corrected chi connectivity index (χ2v) is 9.01. The standard InChI is InChI=1S/C28H35N3O/c1-3-4-5-17-26(31-25-18-9-13-22-14-10-19-29-27(22)25)28(32)30-20(2)23-16-8-12-21-11-6-7-15-24(21)23/h6-8,10-12,14-16,19-20,25-26,31H,3-5,9,13,17-18H2,1-2H3,(H,30,32). The number of aromatic nitrogens is 1. The average Bonchev–Trinajstić information content (AvgIpc) is 2.83. The molecule has 1 aliphatic carbocycles. The Bertz CT molecular complexity index is 1040. The van der Waals surface area contributed by atoms with Crippen molar-refractivity contribution in [3.8, 4) is 0 Å². The van der Waals surface area contributed by atoms with Crippen molar-refractivity contribution in [1.82, 2.24) is 15.6 Å². The Balaban J connectivity index is 1.50. The fraction of sp³-hybridized carbons (Fsp3) is 0.429. The van der Waals surface area contributed by atoms with Crippen molar-refractivity contribution in [3.63, 3.8) is 0 Å². The molecule has 3 atom stereocenters. The summed E-state index contributed by atoms with van der Waals surface area (Å²) in [6, 6.07) is 18.7. The molecule has 168 valence electrons. The summed E-state index contributed by atoms with van der Waals surface area (Å²) in [4.78, 5) is 18.1. The zero-order valence-corrected chi connectivity index (χ0v) is 19.3. The van der Waals surface area contributed by atoms with Gasteiger partial charge >= 0.3 is 0 Å². The highest BCUT2D eigenvalue weighted by molar-refractivity contribution is 5.87. The van der Waals surface area contributed by atoms with Crippen LogP contribution in [0.25, 0.3) is 10.8 Å². The van der Waals surface area contributed by atoms with E-state index in [2.05, 4.69) is 78.0 Å². The predicted octanol–water partition coefficient (Wildman–Crippen LogP) is 6.03. The number of benzene rings is 2. The molecule has 0 aliphatic heterocycles. The highest BCUT2D eigenvalue weighted by atomic mass is 16.2. The number of unbranched alkanes of at least 4 members (excludes halogenated alkanes) is 2. The molecule has 1 heterocycles. The zero-order chi connectivity index (χ0) is 22.3. The number of nitrogens with one attached hydrogen (secondary N) is 2. The first kappa shape index (κ1) is 22.5. The van der Waals surface area contributed by atoms with Gasteiger partial charge in [0.1, 0.15) is 0 Å². The minimum atomic E-state index is -0.211. The van der Waals surface area contributed by atoms with Gasteiger partial charge in [0.25, 0.3) is 0 Å². The maximum absolute atomic E-state index is 13.4. The SMILES string of the molecule is CCCCCC(NC1CCCc2cccnc21)C(=O)NC(C)c1cccc2ccccc12. The van der Waals surface area contributed by atoms with Crippen molar-refractivity contribution in [2.45, 2.75) is 76.9 Å². The smallest absolute Gasteiger partial charge is 0.237 e. The van der Waals surface area contributed by atoms with Crippen LogP contribution in [0, 0.1) is 0 Å². The van der Waals surface area contributed by atoms with E-state index in [-0.39, 0.29) is 24.0 Å². The Morgan fingerprint density at radius 2 is 1.94 bits per heavy atom. The lowest BCUT2D eigenvalue weighted by Crippen LogP contribution is -2.47. The Labute approximate surface area is 191 Å². The van der Waals surface area contributed by atoms with Crippen molar-refractivity contribution in [2.75, 3.05) is 0 Å². The van der Waals surface area contributed by atoms with Crippen LogP contribution in [-0.4, -0.2) is 16.9 Å². The highest BCUT2D eigenvalue weighted by Crippen LogP contribution is 2.29. The summed E-state index contributed by atoms with van der Waals surface area (Å²) in [5.74, 6) is 0.0876. The summed E-state index contributed by atoms with van der Waals surface area (Å²) >= 11 is 0. The normalized spacial score (nSPS) is 17.5. The number of fused-ring (bicyclic) bond motifs is 2. The lowest BCUT2D eigenvalue weighted by atomic mass is 9.91. The van der Waals surface area contributed by atoms with E-state index in [9.17, 15) is 4.79 Å². The number of carbonyl (C=O) groups is 1. The van der Waals surface area contributed by atoms with Crippen LogP contribution >= 0.6 is 0 Å². The molecule has 3 aromatic rings. The predicted molar refractivity (Wildman–Crippen MR) is 131 cm³/mol. The van der Waals surface area contributed by atoms with Gasteiger partial charge in [-0.1, -0.05) is 74.7 Å². The quantitative estimate of drug-likeness (QED) is 0.409. The maximum Gasteiger partial charge on any atom is 0.237 e. The van der Waals surface area contributed by atoms with Crippen LogP contribution in [0.5, 0.6) is 0 Å². The zero-order valence-electron chi connectivity index (χ0n) is 19.3. The van der Waals surface area contributed by atoms with Gasteiger partial charge < -0.3 is 5.32 Å². The first-order valence-corrected chi connectivity index (χ1v) is 12.1. The van der Waals surface area contributed by atoms with E-state index in [0.29, 0.717) is 0 Å². The monoisotopic (exact) mass is 429 g/mol. The Morgan fingerprint density at radius 3 is 2.81 bits per heavy atom. The van der Waals surface area contributed by atoms with Gasteiger partial charge in [0.15, 0.2) is 0 Å². The van der Waals surface area contributed by atoms with Gasteiger partial charge in [-0.2, -0.15) is 0 Å².